The Kier molecular flexibility index (Phi) is 2.08. The number of aromatic hydroxyl groups is 2. The van der Waals surface area contributed by atoms with Crippen molar-refractivity contribution in [1.82, 2.24) is 0 Å². The first-order valence-corrected chi connectivity index (χ1v) is 4.02. The predicted molar refractivity (Wildman–Crippen MR) is 44.4 cm³/mol. The summed E-state index contributed by atoms with van der Waals surface area (Å²) in [4.78, 5) is 0. The molecular weight excluding hydrogens is 172 g/mol. The predicted octanol–water partition coefficient (Wildman–Crippen LogP) is 1.14. The SMILES string of the molecule is Oc1ccc(C2OCCO2)c(O)c1. The van der Waals surface area contributed by atoms with Crippen LogP contribution in [-0.4, -0.2) is 23.4 Å². The van der Waals surface area contributed by atoms with Crippen LogP contribution in [0.2, 0.25) is 0 Å². The maximum absolute atomic E-state index is 9.43. The van der Waals surface area contributed by atoms with Crippen LogP contribution in [0.4, 0.5) is 0 Å². The van der Waals surface area contributed by atoms with Gasteiger partial charge in [0.25, 0.3) is 0 Å². The summed E-state index contributed by atoms with van der Waals surface area (Å²) in [5, 5.41) is 18.5. The topological polar surface area (TPSA) is 58.9 Å². The highest BCUT2D eigenvalue weighted by Gasteiger charge is 2.21. The highest BCUT2D eigenvalue weighted by atomic mass is 16.7. The molecule has 4 heteroatoms. The van der Waals surface area contributed by atoms with E-state index in [0.717, 1.165) is 0 Å². The molecule has 2 N–H and O–H groups in total. The van der Waals surface area contributed by atoms with Crippen molar-refractivity contribution in [3.63, 3.8) is 0 Å². The Bertz CT molecular complexity index is 304. The minimum absolute atomic E-state index is 0.00750. The number of phenols is 2. The van der Waals surface area contributed by atoms with Gasteiger partial charge >= 0.3 is 0 Å². The van der Waals surface area contributed by atoms with Gasteiger partial charge in [0.2, 0.25) is 0 Å². The van der Waals surface area contributed by atoms with Crippen molar-refractivity contribution in [3.8, 4) is 11.5 Å². The number of benzene rings is 1. The third kappa shape index (κ3) is 1.59. The number of phenolic OH excluding ortho intramolecular Hbond substituents is 2. The van der Waals surface area contributed by atoms with Gasteiger partial charge in [-0.2, -0.15) is 0 Å². The molecular formula is C9H10O4. The van der Waals surface area contributed by atoms with E-state index in [-0.39, 0.29) is 11.5 Å². The van der Waals surface area contributed by atoms with Gasteiger partial charge in [0.1, 0.15) is 11.5 Å². The largest absolute Gasteiger partial charge is 0.508 e. The first-order valence-electron chi connectivity index (χ1n) is 4.02. The Hall–Kier alpha value is -1.26. The second kappa shape index (κ2) is 3.24. The smallest absolute Gasteiger partial charge is 0.187 e. The standard InChI is InChI=1S/C9H10O4/c10-6-1-2-7(8(11)5-6)9-12-3-4-13-9/h1-2,5,9-11H,3-4H2. The molecule has 1 aliphatic heterocycles. The minimum Gasteiger partial charge on any atom is -0.508 e. The van der Waals surface area contributed by atoms with E-state index >= 15 is 0 Å². The minimum atomic E-state index is -0.499. The summed E-state index contributed by atoms with van der Waals surface area (Å²) in [6, 6.07) is 4.33. The molecule has 1 fully saturated rings. The number of rotatable bonds is 1. The zero-order valence-electron chi connectivity index (χ0n) is 6.93. The van der Waals surface area contributed by atoms with Gasteiger partial charge in [0, 0.05) is 11.6 Å². The molecule has 1 heterocycles. The molecule has 0 amide bonds. The van der Waals surface area contributed by atoms with Gasteiger partial charge in [-0.1, -0.05) is 0 Å². The van der Waals surface area contributed by atoms with Gasteiger partial charge in [0.15, 0.2) is 6.29 Å². The van der Waals surface area contributed by atoms with Gasteiger partial charge in [-0.15, -0.1) is 0 Å². The molecule has 4 nitrogen and oxygen atoms in total. The maximum atomic E-state index is 9.43. The van der Waals surface area contributed by atoms with E-state index in [9.17, 15) is 5.11 Å². The molecule has 0 saturated carbocycles. The second-order valence-corrected chi connectivity index (χ2v) is 2.82. The summed E-state index contributed by atoms with van der Waals surface area (Å²) in [6.45, 7) is 1.07. The van der Waals surface area contributed by atoms with Crippen LogP contribution < -0.4 is 0 Å². The lowest BCUT2D eigenvalue weighted by Gasteiger charge is -2.10. The number of ether oxygens (including phenoxy) is 2. The molecule has 0 bridgehead atoms. The van der Waals surface area contributed by atoms with Crippen LogP contribution in [0.15, 0.2) is 18.2 Å². The third-order valence-electron chi connectivity index (χ3n) is 1.89. The summed E-state index contributed by atoms with van der Waals surface area (Å²) < 4.78 is 10.4. The fourth-order valence-electron chi connectivity index (χ4n) is 1.27. The zero-order valence-corrected chi connectivity index (χ0v) is 6.93. The third-order valence-corrected chi connectivity index (χ3v) is 1.89. The van der Waals surface area contributed by atoms with Gasteiger partial charge in [-0.25, -0.2) is 0 Å². The average Bonchev–Trinajstić information content (AvgIpc) is 2.56. The Morgan fingerprint density at radius 1 is 1.15 bits per heavy atom. The van der Waals surface area contributed by atoms with E-state index in [2.05, 4.69) is 0 Å². The van der Waals surface area contributed by atoms with Crippen molar-refractivity contribution in [2.24, 2.45) is 0 Å². The lowest BCUT2D eigenvalue weighted by atomic mass is 10.2. The molecule has 0 aromatic heterocycles. The lowest BCUT2D eigenvalue weighted by molar-refractivity contribution is -0.0454. The lowest BCUT2D eigenvalue weighted by Crippen LogP contribution is -1.97. The summed E-state index contributed by atoms with van der Waals surface area (Å²) in [5.41, 5.74) is 0.551. The number of hydrogen-bond donors (Lipinski definition) is 2. The van der Waals surface area contributed by atoms with E-state index in [1.807, 2.05) is 0 Å². The fourth-order valence-corrected chi connectivity index (χ4v) is 1.27. The summed E-state index contributed by atoms with van der Waals surface area (Å²) in [7, 11) is 0. The Morgan fingerprint density at radius 3 is 2.46 bits per heavy atom. The first kappa shape index (κ1) is 8.34. The molecule has 70 valence electrons. The molecule has 0 aliphatic carbocycles. The van der Waals surface area contributed by atoms with E-state index in [0.29, 0.717) is 18.8 Å². The van der Waals surface area contributed by atoms with Crippen LogP contribution in [0.25, 0.3) is 0 Å². The molecule has 2 rings (SSSR count). The molecule has 1 saturated heterocycles. The molecule has 0 unspecified atom stereocenters. The van der Waals surface area contributed by atoms with E-state index in [4.69, 9.17) is 14.6 Å². The van der Waals surface area contributed by atoms with Crippen LogP contribution in [0.1, 0.15) is 11.9 Å². The van der Waals surface area contributed by atoms with Crippen molar-refractivity contribution in [2.75, 3.05) is 13.2 Å². The first-order chi connectivity index (χ1) is 6.27. The highest BCUT2D eigenvalue weighted by molar-refractivity contribution is 5.39. The normalized spacial score (nSPS) is 17.8. The monoisotopic (exact) mass is 182 g/mol. The van der Waals surface area contributed by atoms with Gasteiger partial charge in [0.05, 0.1) is 13.2 Å². The van der Waals surface area contributed by atoms with Crippen molar-refractivity contribution < 1.29 is 19.7 Å². The van der Waals surface area contributed by atoms with Crippen LogP contribution in [0, 0.1) is 0 Å². The Labute approximate surface area is 75.3 Å². The van der Waals surface area contributed by atoms with Crippen molar-refractivity contribution in [3.05, 3.63) is 23.8 Å². The maximum Gasteiger partial charge on any atom is 0.187 e. The van der Waals surface area contributed by atoms with E-state index in [1.54, 1.807) is 6.07 Å². The van der Waals surface area contributed by atoms with Gasteiger partial charge in [-0.3, -0.25) is 0 Å². The molecule has 1 aromatic rings. The average molecular weight is 182 g/mol. The molecule has 13 heavy (non-hydrogen) atoms. The van der Waals surface area contributed by atoms with Gasteiger partial charge < -0.3 is 19.7 Å². The summed E-state index contributed by atoms with van der Waals surface area (Å²) in [5.74, 6) is 0.0196. The molecule has 1 aromatic carbocycles. The number of hydrogen-bond acceptors (Lipinski definition) is 4. The van der Waals surface area contributed by atoms with Crippen LogP contribution in [-0.2, 0) is 9.47 Å². The van der Waals surface area contributed by atoms with Gasteiger partial charge in [-0.05, 0) is 12.1 Å². The molecule has 1 aliphatic rings. The second-order valence-electron chi connectivity index (χ2n) is 2.82. The van der Waals surface area contributed by atoms with Crippen LogP contribution in [0.3, 0.4) is 0 Å². The van der Waals surface area contributed by atoms with E-state index in [1.165, 1.54) is 12.1 Å². The van der Waals surface area contributed by atoms with Crippen molar-refractivity contribution in [1.29, 1.82) is 0 Å². The van der Waals surface area contributed by atoms with Crippen molar-refractivity contribution >= 4 is 0 Å². The fraction of sp³-hybridized carbons (Fsp3) is 0.333. The van der Waals surface area contributed by atoms with E-state index < -0.39 is 6.29 Å². The van der Waals surface area contributed by atoms with Crippen LogP contribution in [0.5, 0.6) is 11.5 Å². The molecule has 0 radical (unpaired) electrons. The summed E-state index contributed by atoms with van der Waals surface area (Å²) >= 11 is 0. The Morgan fingerprint density at radius 2 is 1.85 bits per heavy atom. The zero-order chi connectivity index (χ0) is 9.26. The molecule has 0 spiro atoms. The molecule has 0 atom stereocenters. The summed E-state index contributed by atoms with van der Waals surface area (Å²) in [6.07, 6.45) is -0.499. The highest BCUT2D eigenvalue weighted by Crippen LogP contribution is 2.32. The quantitative estimate of drug-likeness (QED) is 0.683. The van der Waals surface area contributed by atoms with Crippen molar-refractivity contribution in [2.45, 2.75) is 6.29 Å². The Balaban J connectivity index is 2.29. The van der Waals surface area contributed by atoms with Crippen LogP contribution >= 0.6 is 0 Å².